The van der Waals surface area contributed by atoms with Crippen molar-refractivity contribution in [1.82, 2.24) is 19.6 Å². The van der Waals surface area contributed by atoms with Crippen LogP contribution in [0.25, 0.3) is 5.65 Å². The van der Waals surface area contributed by atoms with Gasteiger partial charge >= 0.3 is 0 Å². The molecule has 0 spiro atoms. The van der Waals surface area contributed by atoms with E-state index in [0.717, 1.165) is 5.65 Å². The van der Waals surface area contributed by atoms with Crippen molar-refractivity contribution in [2.45, 2.75) is 84.0 Å². The molecular formula is C18H31N5. The van der Waals surface area contributed by atoms with Gasteiger partial charge in [0.25, 0.3) is 0 Å². The van der Waals surface area contributed by atoms with Crippen LogP contribution in [0.1, 0.15) is 89.5 Å². The van der Waals surface area contributed by atoms with Gasteiger partial charge in [-0.1, -0.05) is 65.2 Å². The Morgan fingerprint density at radius 1 is 0.957 bits per heavy atom. The van der Waals surface area contributed by atoms with Gasteiger partial charge in [0.1, 0.15) is 6.33 Å². The summed E-state index contributed by atoms with van der Waals surface area (Å²) in [6, 6.07) is 0. The first-order valence-electron chi connectivity index (χ1n) is 9.22. The minimum Gasteiger partial charge on any atom is -0.368 e. The van der Waals surface area contributed by atoms with E-state index in [-0.39, 0.29) is 0 Å². The van der Waals surface area contributed by atoms with E-state index in [1.165, 1.54) is 69.8 Å². The monoisotopic (exact) mass is 317 g/mol. The molecule has 0 fully saturated rings. The summed E-state index contributed by atoms with van der Waals surface area (Å²) in [7, 11) is 0. The van der Waals surface area contributed by atoms with Crippen molar-refractivity contribution in [1.29, 1.82) is 0 Å². The summed E-state index contributed by atoms with van der Waals surface area (Å²) in [4.78, 5) is 8.44. The van der Waals surface area contributed by atoms with Gasteiger partial charge in [0.15, 0.2) is 5.65 Å². The molecule has 0 unspecified atom stereocenters. The number of unbranched alkanes of at least 4 members (excludes halogenated alkanes) is 6. The lowest BCUT2D eigenvalue weighted by Crippen LogP contribution is -2.04. The first kappa shape index (κ1) is 17.7. The van der Waals surface area contributed by atoms with Crippen LogP contribution in [0.4, 0.5) is 5.95 Å². The Morgan fingerprint density at radius 3 is 2.22 bits per heavy atom. The third kappa shape index (κ3) is 4.91. The quantitative estimate of drug-likeness (QED) is 0.608. The molecule has 0 amide bonds. The van der Waals surface area contributed by atoms with E-state index in [4.69, 9.17) is 5.73 Å². The number of nitrogen functional groups attached to an aromatic ring is 1. The van der Waals surface area contributed by atoms with Crippen molar-refractivity contribution in [3.63, 3.8) is 0 Å². The number of aromatic nitrogens is 4. The Hall–Kier alpha value is -1.65. The molecule has 0 aliphatic carbocycles. The fourth-order valence-electron chi connectivity index (χ4n) is 3.23. The molecule has 2 N–H and O–H groups in total. The zero-order valence-corrected chi connectivity index (χ0v) is 14.7. The molecule has 0 atom stereocenters. The SMILES string of the molecule is CCCCCCC(CCCCCC)c1cnn2c(N)ncnc12. The van der Waals surface area contributed by atoms with Crippen LogP contribution in [0, 0.1) is 0 Å². The fraction of sp³-hybridized carbons (Fsp3) is 0.722. The molecule has 2 heterocycles. The zero-order valence-electron chi connectivity index (χ0n) is 14.7. The lowest BCUT2D eigenvalue weighted by atomic mass is 9.89. The van der Waals surface area contributed by atoms with Crippen molar-refractivity contribution >= 4 is 11.6 Å². The summed E-state index contributed by atoms with van der Waals surface area (Å²) in [5.74, 6) is 0.951. The van der Waals surface area contributed by atoms with Gasteiger partial charge < -0.3 is 5.73 Å². The van der Waals surface area contributed by atoms with Crippen molar-refractivity contribution in [3.8, 4) is 0 Å². The fourth-order valence-corrected chi connectivity index (χ4v) is 3.23. The van der Waals surface area contributed by atoms with Crippen LogP contribution < -0.4 is 5.73 Å². The predicted octanol–water partition coefficient (Wildman–Crippen LogP) is 4.73. The molecule has 0 bridgehead atoms. The van der Waals surface area contributed by atoms with E-state index < -0.39 is 0 Å². The molecule has 5 heteroatoms. The highest BCUT2D eigenvalue weighted by atomic mass is 15.3. The molecule has 128 valence electrons. The van der Waals surface area contributed by atoms with Crippen molar-refractivity contribution in [3.05, 3.63) is 18.1 Å². The molecule has 5 nitrogen and oxygen atoms in total. The number of nitrogens with zero attached hydrogens (tertiary/aromatic N) is 4. The molecule has 2 aromatic heterocycles. The van der Waals surface area contributed by atoms with E-state index in [1.807, 2.05) is 6.20 Å². The number of hydrogen-bond acceptors (Lipinski definition) is 4. The third-order valence-corrected chi connectivity index (χ3v) is 4.61. The number of nitrogens with two attached hydrogens (primary N) is 1. The second-order valence-corrected chi connectivity index (χ2v) is 6.46. The van der Waals surface area contributed by atoms with Gasteiger partial charge in [-0.15, -0.1) is 0 Å². The largest absolute Gasteiger partial charge is 0.368 e. The first-order valence-corrected chi connectivity index (χ1v) is 9.22. The summed E-state index contributed by atoms with van der Waals surface area (Å²) >= 11 is 0. The number of hydrogen-bond donors (Lipinski definition) is 1. The molecule has 0 aliphatic heterocycles. The Kier molecular flexibility index (Phi) is 7.30. The maximum Gasteiger partial charge on any atom is 0.224 e. The third-order valence-electron chi connectivity index (χ3n) is 4.61. The van der Waals surface area contributed by atoms with Gasteiger partial charge in [-0.3, -0.25) is 0 Å². The minimum atomic E-state index is 0.414. The second kappa shape index (κ2) is 9.48. The predicted molar refractivity (Wildman–Crippen MR) is 95.5 cm³/mol. The van der Waals surface area contributed by atoms with Gasteiger partial charge in [-0.05, 0) is 18.8 Å². The van der Waals surface area contributed by atoms with Crippen LogP contribution in [0.2, 0.25) is 0 Å². The second-order valence-electron chi connectivity index (χ2n) is 6.46. The van der Waals surface area contributed by atoms with Crippen LogP contribution in [-0.4, -0.2) is 19.6 Å². The van der Waals surface area contributed by atoms with Crippen molar-refractivity contribution in [2.75, 3.05) is 5.73 Å². The number of anilines is 1. The average Bonchev–Trinajstić information content (AvgIpc) is 2.99. The van der Waals surface area contributed by atoms with Crippen molar-refractivity contribution in [2.24, 2.45) is 0 Å². The summed E-state index contributed by atoms with van der Waals surface area (Å²) in [5.41, 5.74) is 8.02. The Labute approximate surface area is 139 Å². The van der Waals surface area contributed by atoms with Crippen LogP contribution in [0.5, 0.6) is 0 Å². The highest BCUT2D eigenvalue weighted by Crippen LogP contribution is 2.31. The summed E-state index contributed by atoms with van der Waals surface area (Å²) in [6.07, 6.45) is 16.3. The molecule has 2 aromatic rings. The van der Waals surface area contributed by atoms with Gasteiger partial charge in [-0.2, -0.15) is 9.61 Å². The summed E-state index contributed by atoms with van der Waals surface area (Å²) in [5, 5.41) is 4.39. The van der Waals surface area contributed by atoms with E-state index in [0.29, 0.717) is 11.9 Å². The normalized spacial score (nSPS) is 11.6. The van der Waals surface area contributed by atoms with Crippen LogP contribution >= 0.6 is 0 Å². The van der Waals surface area contributed by atoms with Gasteiger partial charge in [0.05, 0.1) is 6.20 Å². The van der Waals surface area contributed by atoms with E-state index in [1.54, 1.807) is 10.8 Å². The Balaban J connectivity index is 2.08. The van der Waals surface area contributed by atoms with Crippen LogP contribution in [-0.2, 0) is 0 Å². The minimum absolute atomic E-state index is 0.414. The highest BCUT2D eigenvalue weighted by Gasteiger charge is 2.18. The molecule has 0 saturated carbocycles. The average molecular weight is 317 g/mol. The maximum absolute atomic E-state index is 5.90. The zero-order chi connectivity index (χ0) is 16.5. The Bertz CT molecular complexity index is 566. The number of rotatable bonds is 11. The lowest BCUT2D eigenvalue weighted by molar-refractivity contribution is 0.498. The van der Waals surface area contributed by atoms with Gasteiger partial charge in [0, 0.05) is 5.56 Å². The molecule has 23 heavy (non-hydrogen) atoms. The van der Waals surface area contributed by atoms with Crippen LogP contribution in [0.15, 0.2) is 12.5 Å². The van der Waals surface area contributed by atoms with E-state index in [2.05, 4.69) is 28.9 Å². The molecular weight excluding hydrogens is 286 g/mol. The highest BCUT2D eigenvalue weighted by molar-refractivity contribution is 5.50. The van der Waals surface area contributed by atoms with Crippen LogP contribution in [0.3, 0.4) is 0 Å². The number of fused-ring (bicyclic) bond motifs is 1. The maximum atomic E-state index is 5.90. The van der Waals surface area contributed by atoms with Gasteiger partial charge in [-0.25, -0.2) is 9.97 Å². The smallest absolute Gasteiger partial charge is 0.224 e. The summed E-state index contributed by atoms with van der Waals surface area (Å²) in [6.45, 7) is 4.51. The molecule has 0 radical (unpaired) electrons. The summed E-state index contributed by atoms with van der Waals surface area (Å²) < 4.78 is 1.67. The van der Waals surface area contributed by atoms with E-state index in [9.17, 15) is 0 Å². The lowest BCUT2D eigenvalue weighted by Gasteiger charge is -2.15. The van der Waals surface area contributed by atoms with Gasteiger partial charge in [0.2, 0.25) is 5.95 Å². The molecule has 0 saturated heterocycles. The standard InChI is InChI=1S/C18H31N5/c1-3-5-7-9-11-15(12-10-8-6-4-2)16-13-22-23-17(16)20-14-21-18(23)19/h13-15H,3-12H2,1-2H3,(H2,19,20,21). The van der Waals surface area contributed by atoms with Crippen molar-refractivity contribution < 1.29 is 0 Å². The topological polar surface area (TPSA) is 69.1 Å². The Morgan fingerprint density at radius 2 is 1.61 bits per heavy atom. The molecule has 0 aromatic carbocycles. The first-order chi connectivity index (χ1) is 11.3. The van der Waals surface area contributed by atoms with E-state index >= 15 is 0 Å². The molecule has 2 rings (SSSR count). The molecule has 0 aliphatic rings.